The minimum atomic E-state index is -0.0488. The normalized spacial score (nSPS) is 11.6. The molecule has 6 nitrogen and oxygen atoms in total. The highest BCUT2D eigenvalue weighted by Gasteiger charge is 1.98. The molecule has 9 heavy (non-hydrogen) atoms. The average Bonchev–Trinajstić information content (AvgIpc) is 1.87. The molecule has 0 unspecified atom stereocenters. The Morgan fingerprint density at radius 1 is 1.78 bits per heavy atom. The van der Waals surface area contributed by atoms with Crippen molar-refractivity contribution in [2.24, 2.45) is 11.0 Å². The van der Waals surface area contributed by atoms with E-state index in [0.717, 1.165) is 5.01 Å². The lowest BCUT2D eigenvalue weighted by atomic mass is 10.6. The number of hydrogen-bond donors (Lipinski definition) is 1. The molecular formula is C3H9N4O2-. The average molecular weight is 133 g/mol. The van der Waals surface area contributed by atoms with Crippen LogP contribution in [0.2, 0.25) is 0 Å². The summed E-state index contributed by atoms with van der Waals surface area (Å²) in [5.41, 5.74) is 5.07. The Morgan fingerprint density at radius 2 is 2.33 bits per heavy atom. The monoisotopic (exact) mass is 133 g/mol. The van der Waals surface area contributed by atoms with Gasteiger partial charge >= 0.3 is 0 Å². The van der Waals surface area contributed by atoms with E-state index in [0.29, 0.717) is 13.1 Å². The standard InChI is InChI=1S/C3H10N4O2/c1-6(3-2-4)7(9)5-8/h8H,2-4H2,1H3/p-1/b7-5+. The van der Waals surface area contributed by atoms with Gasteiger partial charge in [0.15, 0.2) is 0 Å². The summed E-state index contributed by atoms with van der Waals surface area (Å²) < 4.78 is 0. The molecule has 0 radical (unpaired) electrons. The van der Waals surface area contributed by atoms with Crippen molar-refractivity contribution in [2.45, 2.75) is 0 Å². The SMILES string of the molecule is CN(CCN)/[N+]([O-])=N\[O-]. The van der Waals surface area contributed by atoms with E-state index in [4.69, 9.17) is 5.73 Å². The molecule has 0 atom stereocenters. The third kappa shape index (κ3) is 2.70. The largest absolute Gasteiger partial charge is 0.737 e. The molecule has 0 saturated carbocycles. The maximum absolute atomic E-state index is 10.2. The van der Waals surface area contributed by atoms with E-state index in [1.807, 2.05) is 0 Å². The summed E-state index contributed by atoms with van der Waals surface area (Å²) in [6, 6.07) is 0. The summed E-state index contributed by atoms with van der Waals surface area (Å²) in [6.45, 7) is 0.653. The van der Waals surface area contributed by atoms with Crippen molar-refractivity contribution >= 4 is 0 Å². The van der Waals surface area contributed by atoms with Crippen LogP contribution >= 0.6 is 0 Å². The van der Waals surface area contributed by atoms with Crippen molar-refractivity contribution < 1.29 is 4.97 Å². The molecule has 0 aromatic heterocycles. The minimum absolute atomic E-state index is 0.0488. The second-order valence-electron chi connectivity index (χ2n) is 1.50. The Morgan fingerprint density at radius 3 is 2.67 bits per heavy atom. The fourth-order valence-electron chi connectivity index (χ4n) is 0.335. The van der Waals surface area contributed by atoms with Gasteiger partial charge in [-0.1, -0.05) is 0 Å². The molecule has 2 N–H and O–H groups in total. The third-order valence-corrected chi connectivity index (χ3v) is 0.815. The maximum atomic E-state index is 10.2. The molecule has 0 aliphatic rings. The zero-order valence-corrected chi connectivity index (χ0v) is 5.15. The van der Waals surface area contributed by atoms with E-state index in [2.05, 4.69) is 5.28 Å². The fraction of sp³-hybridized carbons (Fsp3) is 1.00. The van der Waals surface area contributed by atoms with Gasteiger partial charge in [0.2, 0.25) is 0 Å². The zero-order chi connectivity index (χ0) is 7.28. The number of rotatable bonds is 3. The van der Waals surface area contributed by atoms with E-state index in [1.54, 1.807) is 0 Å². The smallest absolute Gasteiger partial charge is 0.0886 e. The Bertz CT molecular complexity index is 104. The molecule has 0 fully saturated rings. The van der Waals surface area contributed by atoms with Crippen LogP contribution in [-0.2, 0) is 0 Å². The van der Waals surface area contributed by atoms with E-state index >= 15 is 0 Å². The summed E-state index contributed by atoms with van der Waals surface area (Å²) >= 11 is 0. The van der Waals surface area contributed by atoms with Crippen molar-refractivity contribution in [1.82, 2.24) is 5.01 Å². The van der Waals surface area contributed by atoms with Crippen molar-refractivity contribution in [3.63, 3.8) is 0 Å². The summed E-state index contributed by atoms with van der Waals surface area (Å²) in [5.74, 6) is 0. The van der Waals surface area contributed by atoms with Gasteiger partial charge in [-0.05, 0) is 5.28 Å². The molecule has 6 heteroatoms. The van der Waals surface area contributed by atoms with Crippen LogP contribution in [0.15, 0.2) is 5.28 Å². The Balaban J connectivity index is 3.59. The molecule has 0 saturated heterocycles. The molecule has 0 aliphatic carbocycles. The second-order valence-corrected chi connectivity index (χ2v) is 1.50. The first-order valence-corrected chi connectivity index (χ1v) is 2.44. The molecule has 0 aliphatic heterocycles. The first kappa shape index (κ1) is 7.96. The van der Waals surface area contributed by atoms with Gasteiger partial charge in [-0.15, -0.1) is 0 Å². The predicted molar refractivity (Wildman–Crippen MR) is 31.1 cm³/mol. The van der Waals surface area contributed by atoms with Gasteiger partial charge < -0.3 is 16.1 Å². The van der Waals surface area contributed by atoms with Crippen molar-refractivity contribution in [2.75, 3.05) is 20.1 Å². The highest BCUT2D eigenvalue weighted by atomic mass is 16.6. The van der Waals surface area contributed by atoms with Crippen molar-refractivity contribution in [1.29, 1.82) is 0 Å². The topological polar surface area (TPSA) is 90.8 Å². The van der Waals surface area contributed by atoms with E-state index in [9.17, 15) is 10.4 Å². The summed E-state index contributed by atoms with van der Waals surface area (Å²) in [5, 5.41) is 22.9. The van der Waals surface area contributed by atoms with Gasteiger partial charge in [-0.25, -0.2) is 0 Å². The molecule has 0 aromatic carbocycles. The fourth-order valence-corrected chi connectivity index (χ4v) is 0.335. The summed E-state index contributed by atoms with van der Waals surface area (Å²) in [6.07, 6.45) is 0. The zero-order valence-electron chi connectivity index (χ0n) is 5.15. The summed E-state index contributed by atoms with van der Waals surface area (Å²) in [4.78, 5) is -0.0488. The van der Waals surface area contributed by atoms with Crippen LogP contribution in [0.5, 0.6) is 0 Å². The highest BCUT2D eigenvalue weighted by Crippen LogP contribution is 1.81. The lowest BCUT2D eigenvalue weighted by molar-refractivity contribution is -0.683. The van der Waals surface area contributed by atoms with Crippen LogP contribution in [0.4, 0.5) is 0 Å². The molecular weight excluding hydrogens is 124 g/mol. The number of hydrazine groups is 1. The Kier molecular flexibility index (Phi) is 3.45. The predicted octanol–water partition coefficient (Wildman–Crippen LogP) is -0.748. The lowest BCUT2D eigenvalue weighted by Crippen LogP contribution is -2.31. The molecule has 0 spiro atoms. The van der Waals surface area contributed by atoms with Gasteiger partial charge in [0, 0.05) is 11.5 Å². The van der Waals surface area contributed by atoms with Crippen LogP contribution in [0, 0.1) is 10.4 Å². The van der Waals surface area contributed by atoms with Crippen LogP contribution in [0.3, 0.4) is 0 Å². The first-order chi connectivity index (χ1) is 4.22. The van der Waals surface area contributed by atoms with Gasteiger partial charge in [0.25, 0.3) is 0 Å². The third-order valence-electron chi connectivity index (χ3n) is 0.815. The number of hydrogen-bond acceptors (Lipinski definition) is 4. The molecule has 0 aromatic rings. The Labute approximate surface area is 52.7 Å². The minimum Gasteiger partial charge on any atom is -0.737 e. The molecule has 0 rings (SSSR count). The quantitative estimate of drug-likeness (QED) is 0.311. The van der Waals surface area contributed by atoms with Crippen LogP contribution < -0.4 is 5.73 Å². The van der Waals surface area contributed by atoms with Gasteiger partial charge in [0.05, 0.1) is 13.6 Å². The van der Waals surface area contributed by atoms with Gasteiger partial charge in [-0.2, -0.15) is 5.01 Å². The van der Waals surface area contributed by atoms with Gasteiger partial charge in [0.1, 0.15) is 0 Å². The van der Waals surface area contributed by atoms with E-state index < -0.39 is 0 Å². The van der Waals surface area contributed by atoms with Crippen LogP contribution in [0.1, 0.15) is 0 Å². The highest BCUT2D eigenvalue weighted by molar-refractivity contribution is 4.34. The van der Waals surface area contributed by atoms with Crippen LogP contribution in [0.25, 0.3) is 0 Å². The molecule has 0 heterocycles. The number of nitrogens with zero attached hydrogens (tertiary/aromatic N) is 3. The molecule has 54 valence electrons. The van der Waals surface area contributed by atoms with Crippen LogP contribution in [-0.4, -0.2) is 30.1 Å². The first-order valence-electron chi connectivity index (χ1n) is 2.44. The Hall–Kier alpha value is -1.04. The number of nitrogens with two attached hydrogens (primary N) is 1. The maximum Gasteiger partial charge on any atom is 0.0886 e. The molecule has 0 amide bonds. The van der Waals surface area contributed by atoms with E-state index in [1.165, 1.54) is 7.05 Å². The number of likely N-dealkylation sites (N-methyl/N-ethyl adjacent to an activating group) is 1. The summed E-state index contributed by atoms with van der Waals surface area (Å²) in [7, 11) is 1.43. The van der Waals surface area contributed by atoms with Crippen molar-refractivity contribution in [3.8, 4) is 0 Å². The van der Waals surface area contributed by atoms with Gasteiger partial charge in [-0.3, -0.25) is 0 Å². The van der Waals surface area contributed by atoms with E-state index in [-0.39, 0.29) is 4.97 Å². The molecule has 0 bridgehead atoms. The second kappa shape index (κ2) is 3.90. The lowest BCUT2D eigenvalue weighted by Gasteiger charge is -2.12. The van der Waals surface area contributed by atoms with Crippen molar-refractivity contribution in [3.05, 3.63) is 10.4 Å².